The summed E-state index contributed by atoms with van der Waals surface area (Å²) in [7, 11) is 3.17. The number of amides is 2. The summed E-state index contributed by atoms with van der Waals surface area (Å²) in [5, 5.41) is 0.516. The van der Waals surface area contributed by atoms with Gasteiger partial charge in [0.1, 0.15) is 21.9 Å². The number of nitrogens with zero attached hydrogens (tertiary/aromatic N) is 5. The lowest BCUT2D eigenvalue weighted by Crippen LogP contribution is -2.39. The van der Waals surface area contributed by atoms with Gasteiger partial charge in [-0.3, -0.25) is 4.98 Å². The van der Waals surface area contributed by atoms with Gasteiger partial charge in [0.2, 0.25) is 0 Å². The molecule has 0 fully saturated rings. The molecule has 0 saturated carbocycles. The van der Waals surface area contributed by atoms with E-state index in [4.69, 9.17) is 35.5 Å². The highest BCUT2D eigenvalue weighted by Crippen LogP contribution is 2.37. The van der Waals surface area contributed by atoms with Gasteiger partial charge in [0, 0.05) is 33.2 Å². The van der Waals surface area contributed by atoms with Crippen LogP contribution in [0.25, 0.3) is 20.8 Å². The number of hydrogen-bond donors (Lipinski definition) is 0. The number of fused-ring (bicyclic) bond motifs is 1. The lowest BCUT2D eigenvalue weighted by atomic mass is 10.1. The molecule has 0 aliphatic rings. The van der Waals surface area contributed by atoms with E-state index in [0.29, 0.717) is 40.5 Å². The molecule has 49 heavy (non-hydrogen) atoms. The Bertz CT molecular complexity index is 1720. The topological polar surface area (TPSA) is 116 Å². The zero-order valence-corrected chi connectivity index (χ0v) is 32.2. The molecule has 1 atom stereocenters. The van der Waals surface area contributed by atoms with Crippen LogP contribution in [0, 0.1) is 0 Å². The van der Waals surface area contributed by atoms with Crippen LogP contribution in [0.15, 0.2) is 53.4 Å². The number of aromatic nitrogens is 3. The highest BCUT2D eigenvalue weighted by Gasteiger charge is 2.27. The van der Waals surface area contributed by atoms with E-state index in [1.807, 2.05) is 71.9 Å². The normalized spacial score (nSPS) is 12.5. The largest absolute Gasteiger partial charge is 0.444 e. The summed E-state index contributed by atoms with van der Waals surface area (Å²) in [6.07, 6.45) is 1.96. The molecule has 0 bridgehead atoms. The average molecular weight is 777 g/mol. The molecule has 14 heteroatoms. The van der Waals surface area contributed by atoms with Crippen molar-refractivity contribution in [2.45, 2.75) is 71.9 Å². The van der Waals surface area contributed by atoms with Crippen LogP contribution in [-0.2, 0) is 32.0 Å². The summed E-state index contributed by atoms with van der Waals surface area (Å²) in [6.45, 7) is 12.5. The van der Waals surface area contributed by atoms with Gasteiger partial charge in [-0.05, 0) is 92.9 Å². The van der Waals surface area contributed by atoms with Gasteiger partial charge in [-0.1, -0.05) is 23.7 Å². The van der Waals surface area contributed by atoms with Gasteiger partial charge in [0.05, 0.1) is 57.7 Å². The van der Waals surface area contributed by atoms with Crippen molar-refractivity contribution >= 4 is 61.3 Å². The molecule has 4 rings (SSSR count). The Balaban J connectivity index is 1.56. The standard InChI is InChI=1S/C35H43BrClN5O6S/c1-34(2,3)47-32(43)41(13-14-45-7)19-22-9-11-25(38-17-22)29-16-27-31(49-29)24(37)15-26(40-27)28(46-8)21-42(33(44)48-35(4,5)6)20-23-10-12-30(36)39-18-23/h9-12,15-18,28H,13-14,19-21H2,1-8H3. The van der Waals surface area contributed by atoms with E-state index in [-0.39, 0.29) is 13.1 Å². The first-order chi connectivity index (χ1) is 23.0. The zero-order valence-electron chi connectivity index (χ0n) is 29.1. The number of ether oxygens (including phenoxy) is 4. The molecule has 0 aliphatic heterocycles. The molecule has 1 unspecified atom stereocenters. The lowest BCUT2D eigenvalue weighted by molar-refractivity contribution is 0.00498. The third kappa shape index (κ3) is 11.3. The quantitative estimate of drug-likeness (QED) is 0.130. The molecular formula is C35H43BrClN5O6S. The second-order valence-corrected chi connectivity index (χ2v) is 15.6. The average Bonchev–Trinajstić information content (AvgIpc) is 3.46. The maximum atomic E-state index is 13.3. The predicted molar refractivity (Wildman–Crippen MR) is 195 cm³/mol. The van der Waals surface area contributed by atoms with Crippen LogP contribution in [0.1, 0.15) is 64.5 Å². The van der Waals surface area contributed by atoms with E-state index in [0.717, 1.165) is 26.4 Å². The number of carbonyl (C=O) groups is 2. The molecule has 0 N–H and O–H groups in total. The monoisotopic (exact) mass is 775 g/mol. The first-order valence-corrected chi connectivity index (χ1v) is 17.7. The SMILES string of the molecule is COCCN(Cc1ccc(-c2cc3nc(C(CN(Cc4ccc(Br)nc4)C(=O)OC(C)(C)C)OC)cc(Cl)c3s2)nc1)C(=O)OC(C)(C)C. The van der Waals surface area contributed by atoms with Crippen LogP contribution in [0.5, 0.6) is 0 Å². The van der Waals surface area contributed by atoms with E-state index >= 15 is 0 Å². The van der Waals surface area contributed by atoms with Gasteiger partial charge in [0.25, 0.3) is 0 Å². The molecule has 0 aliphatic carbocycles. The third-order valence-corrected chi connectivity index (χ3v) is 8.99. The van der Waals surface area contributed by atoms with Crippen molar-refractivity contribution in [3.05, 3.63) is 75.2 Å². The Morgan fingerprint density at radius 2 is 1.51 bits per heavy atom. The number of hydrogen-bond acceptors (Lipinski definition) is 10. The van der Waals surface area contributed by atoms with Gasteiger partial charge < -0.3 is 28.7 Å². The van der Waals surface area contributed by atoms with E-state index in [2.05, 4.69) is 25.9 Å². The van der Waals surface area contributed by atoms with Gasteiger partial charge in [0.15, 0.2) is 0 Å². The number of carbonyl (C=O) groups excluding carboxylic acids is 2. The number of halogens is 2. The van der Waals surface area contributed by atoms with Crippen molar-refractivity contribution in [2.75, 3.05) is 33.9 Å². The van der Waals surface area contributed by atoms with Gasteiger partial charge >= 0.3 is 12.2 Å². The summed E-state index contributed by atoms with van der Waals surface area (Å²) in [4.78, 5) is 44.0. The first kappa shape index (κ1) is 38.4. The van der Waals surface area contributed by atoms with E-state index in [1.165, 1.54) is 11.3 Å². The summed E-state index contributed by atoms with van der Waals surface area (Å²) in [5.74, 6) is 0. The maximum absolute atomic E-state index is 13.3. The van der Waals surface area contributed by atoms with Crippen molar-refractivity contribution in [3.8, 4) is 10.6 Å². The minimum atomic E-state index is -0.683. The van der Waals surface area contributed by atoms with Crippen LogP contribution in [0.2, 0.25) is 5.02 Å². The smallest absolute Gasteiger partial charge is 0.410 e. The molecule has 0 aromatic carbocycles. The van der Waals surface area contributed by atoms with Crippen LogP contribution in [0.4, 0.5) is 9.59 Å². The maximum Gasteiger partial charge on any atom is 0.410 e. The fraction of sp³-hybridized carbons (Fsp3) is 0.457. The molecular weight excluding hydrogens is 734 g/mol. The summed E-state index contributed by atoms with van der Waals surface area (Å²) in [5.41, 5.74) is 2.39. The number of pyridine rings is 3. The highest BCUT2D eigenvalue weighted by molar-refractivity contribution is 9.10. The Labute approximate surface area is 305 Å². The highest BCUT2D eigenvalue weighted by atomic mass is 79.9. The summed E-state index contributed by atoms with van der Waals surface area (Å²) >= 11 is 11.6. The van der Waals surface area contributed by atoms with E-state index in [1.54, 1.807) is 42.5 Å². The third-order valence-electron chi connectivity index (χ3n) is 6.94. The number of thiophene rings is 1. The fourth-order valence-corrected chi connectivity index (χ4v) is 6.22. The second kappa shape index (κ2) is 16.6. The lowest BCUT2D eigenvalue weighted by Gasteiger charge is -2.30. The van der Waals surface area contributed by atoms with Gasteiger partial charge in [-0.2, -0.15) is 0 Å². The molecule has 11 nitrogen and oxygen atoms in total. The minimum Gasteiger partial charge on any atom is -0.444 e. The van der Waals surface area contributed by atoms with Crippen molar-refractivity contribution < 1.29 is 28.5 Å². The minimum absolute atomic E-state index is 0.168. The molecule has 4 aromatic rings. The Hall–Kier alpha value is -3.36. The number of methoxy groups -OCH3 is 2. The Morgan fingerprint density at radius 3 is 2.06 bits per heavy atom. The van der Waals surface area contributed by atoms with Crippen LogP contribution in [0.3, 0.4) is 0 Å². The zero-order chi connectivity index (χ0) is 35.9. The molecule has 0 spiro atoms. The first-order valence-electron chi connectivity index (χ1n) is 15.7. The van der Waals surface area contributed by atoms with Crippen LogP contribution in [-0.4, -0.2) is 82.1 Å². The van der Waals surface area contributed by atoms with Crippen LogP contribution >= 0.6 is 38.9 Å². The van der Waals surface area contributed by atoms with Crippen molar-refractivity contribution in [2.24, 2.45) is 0 Å². The van der Waals surface area contributed by atoms with Crippen LogP contribution < -0.4 is 0 Å². The Kier molecular flexibility index (Phi) is 13.0. The second-order valence-electron chi connectivity index (χ2n) is 13.4. The molecule has 0 saturated heterocycles. The summed E-state index contributed by atoms with van der Waals surface area (Å²) < 4.78 is 23.9. The van der Waals surface area contributed by atoms with Crippen molar-refractivity contribution in [1.82, 2.24) is 24.8 Å². The van der Waals surface area contributed by atoms with Gasteiger partial charge in [-0.15, -0.1) is 11.3 Å². The van der Waals surface area contributed by atoms with Crippen molar-refractivity contribution in [3.63, 3.8) is 0 Å². The molecule has 0 radical (unpaired) electrons. The molecule has 4 aromatic heterocycles. The van der Waals surface area contributed by atoms with E-state index in [9.17, 15) is 9.59 Å². The summed E-state index contributed by atoms with van der Waals surface area (Å²) in [6, 6.07) is 11.3. The Morgan fingerprint density at radius 1 is 0.898 bits per heavy atom. The predicted octanol–water partition coefficient (Wildman–Crippen LogP) is 8.68. The molecule has 264 valence electrons. The number of rotatable bonds is 12. The van der Waals surface area contributed by atoms with Gasteiger partial charge in [-0.25, -0.2) is 19.6 Å². The van der Waals surface area contributed by atoms with Crippen molar-refractivity contribution in [1.29, 1.82) is 0 Å². The fourth-order valence-electron chi connectivity index (χ4n) is 4.68. The molecule has 2 amide bonds. The molecule has 4 heterocycles. The van der Waals surface area contributed by atoms with E-state index < -0.39 is 29.5 Å².